The largest absolute Gasteiger partial charge is 0.496 e. The quantitative estimate of drug-likeness (QED) is 0.451. The highest BCUT2D eigenvalue weighted by atomic mass is 79.9. The summed E-state index contributed by atoms with van der Waals surface area (Å²) in [5.41, 5.74) is 0.462. The molecule has 1 aromatic carbocycles. The van der Waals surface area contributed by atoms with Crippen LogP contribution in [0.25, 0.3) is 0 Å². The molecule has 0 aliphatic rings. The van der Waals surface area contributed by atoms with Crippen molar-refractivity contribution in [2.45, 2.75) is 20.8 Å². The smallest absolute Gasteiger partial charge is 0.317 e. The summed E-state index contributed by atoms with van der Waals surface area (Å²) in [7, 11) is 1.55. The topological polar surface area (TPSA) is 52.6 Å². The predicted octanol–water partition coefficient (Wildman–Crippen LogP) is 3.48. The van der Waals surface area contributed by atoms with E-state index in [9.17, 15) is 9.59 Å². The van der Waals surface area contributed by atoms with Gasteiger partial charge in [0.1, 0.15) is 11.7 Å². The number of ketones is 1. The Morgan fingerprint density at radius 2 is 1.95 bits per heavy atom. The number of ether oxygens (including phenoxy) is 2. The number of rotatable bonds is 6. The molecule has 0 saturated carbocycles. The van der Waals surface area contributed by atoms with Crippen molar-refractivity contribution in [1.29, 1.82) is 0 Å². The molecule has 0 radical (unpaired) electrons. The highest BCUT2D eigenvalue weighted by Gasteiger charge is 2.32. The van der Waals surface area contributed by atoms with Gasteiger partial charge in [-0.15, -0.1) is 0 Å². The average Bonchev–Trinajstić information content (AvgIpc) is 2.38. The summed E-state index contributed by atoms with van der Waals surface area (Å²) in [6.07, 6.45) is 0. The average molecular weight is 343 g/mol. The fourth-order valence-corrected chi connectivity index (χ4v) is 2.45. The normalized spacial score (nSPS) is 12.1. The Morgan fingerprint density at radius 3 is 2.40 bits per heavy atom. The maximum Gasteiger partial charge on any atom is 0.317 e. The molecule has 1 aromatic rings. The zero-order valence-electron chi connectivity index (χ0n) is 12.1. The van der Waals surface area contributed by atoms with Crippen LogP contribution in [0.15, 0.2) is 22.7 Å². The lowest BCUT2D eigenvalue weighted by atomic mass is 9.88. The van der Waals surface area contributed by atoms with Crippen molar-refractivity contribution >= 4 is 27.7 Å². The Kier molecular flexibility index (Phi) is 6.20. The van der Waals surface area contributed by atoms with Gasteiger partial charge in [-0.25, -0.2) is 0 Å². The Bertz CT molecular complexity index is 497. The second-order valence-corrected chi connectivity index (χ2v) is 5.54. The van der Waals surface area contributed by atoms with Gasteiger partial charge in [0.2, 0.25) is 0 Å². The summed E-state index contributed by atoms with van der Waals surface area (Å²) in [6, 6.07) is 5.01. The van der Waals surface area contributed by atoms with Crippen LogP contribution in [-0.2, 0) is 9.53 Å². The minimum absolute atomic E-state index is 0.123. The van der Waals surface area contributed by atoms with Crippen LogP contribution in [-0.4, -0.2) is 25.5 Å². The van der Waals surface area contributed by atoms with Crippen LogP contribution >= 0.6 is 15.9 Å². The summed E-state index contributed by atoms with van der Waals surface area (Å²) in [4.78, 5) is 24.4. The first kappa shape index (κ1) is 16.7. The summed E-state index contributed by atoms with van der Waals surface area (Å²) >= 11 is 3.34. The van der Waals surface area contributed by atoms with Crippen molar-refractivity contribution in [1.82, 2.24) is 0 Å². The molecule has 0 fully saturated rings. The molecule has 0 aliphatic heterocycles. The third-order valence-corrected chi connectivity index (χ3v) is 3.55. The van der Waals surface area contributed by atoms with E-state index >= 15 is 0 Å². The molecule has 1 rings (SSSR count). The van der Waals surface area contributed by atoms with E-state index in [0.717, 1.165) is 0 Å². The number of hydrogen-bond acceptors (Lipinski definition) is 4. The molecular weight excluding hydrogens is 324 g/mol. The predicted molar refractivity (Wildman–Crippen MR) is 80.0 cm³/mol. The van der Waals surface area contributed by atoms with Gasteiger partial charge in [-0.1, -0.05) is 13.8 Å². The lowest BCUT2D eigenvalue weighted by molar-refractivity contribution is -0.147. The van der Waals surface area contributed by atoms with E-state index in [1.807, 2.05) is 13.8 Å². The summed E-state index contributed by atoms with van der Waals surface area (Å²) < 4.78 is 10.8. The third kappa shape index (κ3) is 3.82. The van der Waals surface area contributed by atoms with Gasteiger partial charge >= 0.3 is 5.97 Å². The minimum Gasteiger partial charge on any atom is -0.496 e. The Balaban J connectivity index is 3.06. The van der Waals surface area contributed by atoms with Gasteiger partial charge in [0.15, 0.2) is 5.78 Å². The maximum atomic E-state index is 12.5. The van der Waals surface area contributed by atoms with Crippen molar-refractivity contribution in [3.8, 4) is 5.75 Å². The molecule has 0 aliphatic carbocycles. The Labute approximate surface area is 127 Å². The molecule has 4 nitrogen and oxygen atoms in total. The fraction of sp³-hybridized carbons (Fsp3) is 0.467. The van der Waals surface area contributed by atoms with Crippen LogP contribution in [0.5, 0.6) is 5.75 Å². The van der Waals surface area contributed by atoms with Crippen LogP contribution in [0.4, 0.5) is 0 Å². The highest BCUT2D eigenvalue weighted by molar-refractivity contribution is 9.10. The van der Waals surface area contributed by atoms with E-state index < -0.39 is 11.9 Å². The van der Waals surface area contributed by atoms with E-state index in [1.54, 1.807) is 32.2 Å². The van der Waals surface area contributed by atoms with E-state index in [2.05, 4.69) is 15.9 Å². The number of carbonyl (C=O) groups excluding carboxylic acids is 2. The molecular formula is C15H19BrO4. The zero-order valence-corrected chi connectivity index (χ0v) is 13.7. The number of halogens is 1. The summed E-state index contributed by atoms with van der Waals surface area (Å²) in [5, 5.41) is 0. The molecule has 20 heavy (non-hydrogen) atoms. The Morgan fingerprint density at radius 1 is 1.30 bits per heavy atom. The van der Waals surface area contributed by atoms with Crippen LogP contribution < -0.4 is 4.74 Å². The first-order valence-electron chi connectivity index (χ1n) is 6.46. The van der Waals surface area contributed by atoms with Gasteiger partial charge in [0.05, 0.1) is 18.2 Å². The first-order chi connectivity index (χ1) is 9.42. The molecule has 1 unspecified atom stereocenters. The first-order valence-corrected chi connectivity index (χ1v) is 7.26. The van der Waals surface area contributed by atoms with Crippen LogP contribution in [0.2, 0.25) is 0 Å². The van der Waals surface area contributed by atoms with Crippen molar-refractivity contribution in [3.05, 3.63) is 28.2 Å². The molecule has 110 valence electrons. The molecule has 0 bridgehead atoms. The summed E-state index contributed by atoms with van der Waals surface area (Å²) in [5.74, 6) is -0.974. The lowest BCUT2D eigenvalue weighted by Crippen LogP contribution is -2.30. The Hall–Kier alpha value is -1.36. The van der Waals surface area contributed by atoms with Crippen LogP contribution in [0.1, 0.15) is 31.1 Å². The van der Waals surface area contributed by atoms with Gasteiger partial charge in [-0.05, 0) is 47.0 Å². The van der Waals surface area contributed by atoms with E-state index in [4.69, 9.17) is 9.47 Å². The van der Waals surface area contributed by atoms with E-state index in [-0.39, 0.29) is 18.3 Å². The second-order valence-electron chi connectivity index (χ2n) is 4.69. The molecule has 0 N–H and O–H groups in total. The van der Waals surface area contributed by atoms with Crippen molar-refractivity contribution in [2.75, 3.05) is 13.7 Å². The summed E-state index contributed by atoms with van der Waals surface area (Å²) in [6.45, 7) is 5.65. The number of esters is 1. The molecule has 0 amide bonds. The molecule has 1 atom stereocenters. The van der Waals surface area contributed by atoms with Crippen molar-refractivity contribution in [3.63, 3.8) is 0 Å². The van der Waals surface area contributed by atoms with Gasteiger partial charge in [-0.2, -0.15) is 0 Å². The van der Waals surface area contributed by atoms with Gasteiger partial charge in [-0.3, -0.25) is 9.59 Å². The SMILES string of the molecule is CCOC(=O)C(C(=O)c1ccc(OC)c(Br)c1)C(C)C. The van der Waals surface area contributed by atoms with E-state index in [1.165, 1.54) is 0 Å². The zero-order chi connectivity index (χ0) is 15.3. The number of hydrogen-bond donors (Lipinski definition) is 0. The standard InChI is InChI=1S/C15H19BrO4/c1-5-20-15(18)13(9(2)3)14(17)10-6-7-12(19-4)11(16)8-10/h6-9,13H,5H2,1-4H3. The number of Topliss-reactive ketones (excluding diaryl/α,β-unsaturated/α-hetero) is 1. The maximum absolute atomic E-state index is 12.5. The molecule has 0 saturated heterocycles. The van der Waals surface area contributed by atoms with Crippen LogP contribution in [0.3, 0.4) is 0 Å². The van der Waals surface area contributed by atoms with Crippen molar-refractivity contribution < 1.29 is 19.1 Å². The minimum atomic E-state index is -0.782. The molecule has 0 heterocycles. The van der Waals surface area contributed by atoms with Gasteiger partial charge in [0, 0.05) is 5.56 Å². The number of carbonyl (C=O) groups is 2. The molecule has 0 aromatic heterocycles. The lowest BCUT2D eigenvalue weighted by Gasteiger charge is -2.18. The highest BCUT2D eigenvalue weighted by Crippen LogP contribution is 2.28. The monoisotopic (exact) mass is 342 g/mol. The van der Waals surface area contributed by atoms with Crippen LogP contribution in [0, 0.1) is 11.8 Å². The third-order valence-electron chi connectivity index (χ3n) is 2.93. The number of benzene rings is 1. The molecule has 5 heteroatoms. The van der Waals surface area contributed by atoms with Gasteiger partial charge in [0.25, 0.3) is 0 Å². The van der Waals surface area contributed by atoms with E-state index in [0.29, 0.717) is 15.8 Å². The second kappa shape index (κ2) is 7.43. The fourth-order valence-electron chi connectivity index (χ4n) is 1.91. The van der Waals surface area contributed by atoms with Gasteiger partial charge < -0.3 is 9.47 Å². The van der Waals surface area contributed by atoms with Crippen molar-refractivity contribution in [2.24, 2.45) is 11.8 Å². The number of methoxy groups -OCH3 is 1. The molecule has 0 spiro atoms.